The van der Waals surface area contributed by atoms with E-state index in [0.29, 0.717) is 5.92 Å². The van der Waals surface area contributed by atoms with Crippen LogP contribution in [0.3, 0.4) is 0 Å². The van der Waals surface area contributed by atoms with Gasteiger partial charge in [-0.1, -0.05) is 25.1 Å². The zero-order valence-electron chi connectivity index (χ0n) is 9.72. The fourth-order valence-electron chi connectivity index (χ4n) is 1.75. The Kier molecular flexibility index (Phi) is 4.15. The molecule has 0 amide bonds. The Hall–Kier alpha value is -0.820. The van der Waals surface area contributed by atoms with Crippen molar-refractivity contribution in [3.8, 4) is 0 Å². The van der Waals surface area contributed by atoms with Crippen molar-refractivity contribution in [1.29, 1.82) is 0 Å². The number of benzene rings is 1. The van der Waals surface area contributed by atoms with Gasteiger partial charge in [-0.15, -0.1) is 0 Å². The molecular weight excluding hydrogens is 170 g/mol. The highest BCUT2D eigenvalue weighted by Gasteiger charge is 2.03. The Morgan fingerprint density at radius 3 is 2.50 bits per heavy atom. The van der Waals surface area contributed by atoms with Gasteiger partial charge in [-0.05, 0) is 56.5 Å². The minimum Gasteiger partial charge on any atom is -0.319 e. The third kappa shape index (κ3) is 3.15. The molecule has 1 rings (SSSR count). The van der Waals surface area contributed by atoms with Crippen LogP contribution in [0.15, 0.2) is 18.2 Å². The monoisotopic (exact) mass is 191 g/mol. The van der Waals surface area contributed by atoms with E-state index in [-0.39, 0.29) is 0 Å². The van der Waals surface area contributed by atoms with E-state index in [0.717, 1.165) is 6.54 Å². The van der Waals surface area contributed by atoms with Gasteiger partial charge in [0, 0.05) is 0 Å². The summed E-state index contributed by atoms with van der Waals surface area (Å²) in [6, 6.07) is 6.77. The third-order valence-corrected chi connectivity index (χ3v) is 2.71. The predicted molar refractivity (Wildman–Crippen MR) is 62.7 cm³/mol. The summed E-state index contributed by atoms with van der Waals surface area (Å²) in [4.78, 5) is 0. The maximum atomic E-state index is 3.21. The largest absolute Gasteiger partial charge is 0.319 e. The average molecular weight is 191 g/mol. The molecule has 0 aliphatic rings. The van der Waals surface area contributed by atoms with Crippen LogP contribution in [0, 0.1) is 19.8 Å². The maximum absolute atomic E-state index is 3.21. The van der Waals surface area contributed by atoms with E-state index in [2.05, 4.69) is 44.3 Å². The fraction of sp³-hybridized carbons (Fsp3) is 0.538. The third-order valence-electron chi connectivity index (χ3n) is 2.71. The highest BCUT2D eigenvalue weighted by molar-refractivity contribution is 5.30. The fourth-order valence-corrected chi connectivity index (χ4v) is 1.75. The number of nitrogens with one attached hydrogen (secondary N) is 1. The zero-order valence-corrected chi connectivity index (χ0v) is 9.72. The molecule has 1 N–H and O–H groups in total. The minimum absolute atomic E-state index is 0.710. The Morgan fingerprint density at radius 1 is 1.21 bits per heavy atom. The lowest BCUT2D eigenvalue weighted by Crippen LogP contribution is -2.17. The van der Waals surface area contributed by atoms with Gasteiger partial charge in [0.25, 0.3) is 0 Å². The standard InChI is InChI=1S/C13H21N/c1-10(9-14-4)7-13-6-5-11(2)12(3)8-13/h5-6,8,10,14H,7,9H2,1-4H3. The first-order valence-electron chi connectivity index (χ1n) is 5.34. The van der Waals surface area contributed by atoms with Gasteiger partial charge < -0.3 is 5.32 Å². The molecule has 0 aliphatic carbocycles. The molecule has 1 aromatic rings. The Bertz CT molecular complexity index is 291. The summed E-state index contributed by atoms with van der Waals surface area (Å²) in [6.07, 6.45) is 1.17. The van der Waals surface area contributed by atoms with Crippen molar-refractivity contribution in [2.24, 2.45) is 5.92 Å². The van der Waals surface area contributed by atoms with Gasteiger partial charge in [-0.25, -0.2) is 0 Å². The van der Waals surface area contributed by atoms with Gasteiger partial charge in [-0.2, -0.15) is 0 Å². The van der Waals surface area contributed by atoms with Crippen LogP contribution in [0.4, 0.5) is 0 Å². The lowest BCUT2D eigenvalue weighted by atomic mass is 9.98. The molecule has 1 nitrogen and oxygen atoms in total. The van der Waals surface area contributed by atoms with Crippen LogP contribution in [0.5, 0.6) is 0 Å². The lowest BCUT2D eigenvalue weighted by molar-refractivity contribution is 0.541. The Labute approximate surface area is 87.5 Å². The van der Waals surface area contributed by atoms with Crippen molar-refractivity contribution in [2.75, 3.05) is 13.6 Å². The van der Waals surface area contributed by atoms with Crippen molar-refractivity contribution in [3.63, 3.8) is 0 Å². The van der Waals surface area contributed by atoms with Gasteiger partial charge >= 0.3 is 0 Å². The molecule has 0 fully saturated rings. The topological polar surface area (TPSA) is 12.0 Å². The van der Waals surface area contributed by atoms with E-state index in [4.69, 9.17) is 0 Å². The summed E-state index contributed by atoms with van der Waals surface area (Å²) < 4.78 is 0. The van der Waals surface area contributed by atoms with Crippen LogP contribution < -0.4 is 5.32 Å². The van der Waals surface area contributed by atoms with Crippen LogP contribution in [-0.4, -0.2) is 13.6 Å². The summed E-state index contributed by atoms with van der Waals surface area (Å²) in [7, 11) is 2.01. The second-order valence-corrected chi connectivity index (χ2v) is 4.29. The molecule has 1 unspecified atom stereocenters. The highest BCUT2D eigenvalue weighted by Crippen LogP contribution is 2.13. The van der Waals surface area contributed by atoms with E-state index in [1.54, 1.807) is 0 Å². The van der Waals surface area contributed by atoms with Crippen LogP contribution >= 0.6 is 0 Å². The van der Waals surface area contributed by atoms with Crippen molar-refractivity contribution >= 4 is 0 Å². The maximum Gasteiger partial charge on any atom is -0.00230 e. The highest BCUT2D eigenvalue weighted by atomic mass is 14.8. The van der Waals surface area contributed by atoms with Gasteiger partial charge in [0.15, 0.2) is 0 Å². The molecule has 0 bridgehead atoms. The minimum atomic E-state index is 0.710. The lowest BCUT2D eigenvalue weighted by Gasteiger charge is -2.11. The molecule has 0 saturated heterocycles. The molecule has 1 heteroatoms. The first-order chi connectivity index (χ1) is 6.63. The summed E-state index contributed by atoms with van der Waals surface area (Å²) in [6.45, 7) is 7.72. The molecule has 0 aliphatic heterocycles. The number of rotatable bonds is 4. The van der Waals surface area contributed by atoms with Crippen molar-refractivity contribution in [2.45, 2.75) is 27.2 Å². The van der Waals surface area contributed by atoms with E-state index in [1.165, 1.54) is 23.1 Å². The van der Waals surface area contributed by atoms with E-state index in [1.807, 2.05) is 7.05 Å². The predicted octanol–water partition coefficient (Wildman–Crippen LogP) is 2.70. The van der Waals surface area contributed by atoms with Crippen LogP contribution in [-0.2, 0) is 6.42 Å². The number of aryl methyl sites for hydroxylation is 2. The Balaban J connectivity index is 2.63. The molecule has 0 spiro atoms. The second kappa shape index (κ2) is 5.16. The van der Waals surface area contributed by atoms with Crippen molar-refractivity contribution in [1.82, 2.24) is 5.32 Å². The molecule has 1 aromatic carbocycles. The molecule has 0 radical (unpaired) electrons. The average Bonchev–Trinajstić information content (AvgIpc) is 2.12. The molecule has 0 aromatic heterocycles. The van der Waals surface area contributed by atoms with Crippen LogP contribution in [0.2, 0.25) is 0 Å². The molecule has 0 saturated carbocycles. The van der Waals surface area contributed by atoms with E-state index < -0.39 is 0 Å². The SMILES string of the molecule is CNCC(C)Cc1ccc(C)c(C)c1. The quantitative estimate of drug-likeness (QED) is 0.771. The Morgan fingerprint density at radius 2 is 1.93 bits per heavy atom. The normalized spacial score (nSPS) is 12.9. The first-order valence-corrected chi connectivity index (χ1v) is 5.34. The summed E-state index contributed by atoms with van der Waals surface area (Å²) in [5.74, 6) is 0.710. The van der Waals surface area contributed by atoms with Gasteiger partial charge in [-0.3, -0.25) is 0 Å². The summed E-state index contributed by atoms with van der Waals surface area (Å²) in [5.41, 5.74) is 4.24. The van der Waals surface area contributed by atoms with Gasteiger partial charge in [0.2, 0.25) is 0 Å². The molecule has 1 atom stereocenters. The van der Waals surface area contributed by atoms with Crippen molar-refractivity contribution in [3.05, 3.63) is 34.9 Å². The smallest absolute Gasteiger partial charge is 0.00230 e. The molecule has 0 heterocycles. The van der Waals surface area contributed by atoms with Gasteiger partial charge in [0.1, 0.15) is 0 Å². The molecule has 14 heavy (non-hydrogen) atoms. The summed E-state index contributed by atoms with van der Waals surface area (Å²) >= 11 is 0. The van der Waals surface area contributed by atoms with E-state index in [9.17, 15) is 0 Å². The first kappa shape index (κ1) is 11.3. The zero-order chi connectivity index (χ0) is 10.6. The molecular formula is C13H21N. The van der Waals surface area contributed by atoms with Crippen LogP contribution in [0.1, 0.15) is 23.6 Å². The molecule has 78 valence electrons. The van der Waals surface area contributed by atoms with E-state index >= 15 is 0 Å². The number of hydrogen-bond donors (Lipinski definition) is 1. The summed E-state index contributed by atoms with van der Waals surface area (Å²) in [5, 5.41) is 3.21. The second-order valence-electron chi connectivity index (χ2n) is 4.29. The van der Waals surface area contributed by atoms with Gasteiger partial charge in [0.05, 0.1) is 0 Å². The van der Waals surface area contributed by atoms with Crippen LogP contribution in [0.25, 0.3) is 0 Å². The van der Waals surface area contributed by atoms with Crippen molar-refractivity contribution < 1.29 is 0 Å². The number of hydrogen-bond acceptors (Lipinski definition) is 1.